The van der Waals surface area contributed by atoms with Crippen molar-refractivity contribution in [2.45, 2.75) is 19.9 Å². The summed E-state index contributed by atoms with van der Waals surface area (Å²) in [7, 11) is 0. The minimum Gasteiger partial charge on any atom is -0.377 e. The van der Waals surface area contributed by atoms with Crippen LogP contribution in [0.4, 0.5) is 5.88 Å². The maximum Gasteiger partial charge on any atom is 0.299 e. The van der Waals surface area contributed by atoms with Gasteiger partial charge in [0.2, 0.25) is 5.27 Å². The number of nitrogens with one attached hydrogen (secondary N) is 1. The van der Waals surface area contributed by atoms with Crippen LogP contribution in [-0.4, -0.2) is 37.6 Å². The van der Waals surface area contributed by atoms with E-state index in [4.69, 9.17) is 9.26 Å². The Labute approximate surface area is 88.7 Å². The van der Waals surface area contributed by atoms with Gasteiger partial charge in [-0.2, -0.15) is 0 Å². The summed E-state index contributed by atoms with van der Waals surface area (Å²) < 4.78 is 10.4. The number of nitrogens with zero attached hydrogens (tertiary/aromatic N) is 3. The molecule has 0 amide bonds. The molecular formula is C9H17N4O2+. The molecule has 84 valence electrons. The van der Waals surface area contributed by atoms with Crippen LogP contribution in [0, 0.1) is 0 Å². The molecule has 0 saturated carbocycles. The largest absolute Gasteiger partial charge is 0.377 e. The van der Waals surface area contributed by atoms with E-state index >= 15 is 0 Å². The molecule has 6 heteroatoms. The fourth-order valence-electron chi connectivity index (χ4n) is 1.48. The van der Waals surface area contributed by atoms with E-state index in [1.54, 1.807) is 4.79 Å². The summed E-state index contributed by atoms with van der Waals surface area (Å²) in [6.07, 6.45) is 1.85. The van der Waals surface area contributed by atoms with Crippen LogP contribution in [0.3, 0.4) is 0 Å². The Morgan fingerprint density at radius 1 is 1.47 bits per heavy atom. The van der Waals surface area contributed by atoms with Gasteiger partial charge < -0.3 is 10.1 Å². The first-order valence-electron chi connectivity index (χ1n) is 5.24. The maximum atomic E-state index is 5.26. The monoisotopic (exact) mass is 213 g/mol. The van der Waals surface area contributed by atoms with Gasteiger partial charge in [-0.25, -0.2) is 0 Å². The van der Waals surface area contributed by atoms with E-state index in [0.29, 0.717) is 11.9 Å². The Morgan fingerprint density at radius 2 is 2.20 bits per heavy atom. The van der Waals surface area contributed by atoms with Crippen molar-refractivity contribution in [3.8, 4) is 0 Å². The molecule has 1 aliphatic heterocycles. The van der Waals surface area contributed by atoms with Crippen molar-refractivity contribution >= 4 is 5.88 Å². The lowest BCUT2D eigenvalue weighted by atomic mass is 10.4. The molecule has 0 unspecified atom stereocenters. The highest BCUT2D eigenvalue weighted by molar-refractivity contribution is 5.23. The number of anilines is 1. The molecule has 1 N–H and O–H groups in total. The van der Waals surface area contributed by atoms with Crippen LogP contribution in [0.15, 0.2) is 10.7 Å². The van der Waals surface area contributed by atoms with Gasteiger partial charge in [0, 0.05) is 6.04 Å². The number of ether oxygens (including phenoxy) is 1. The summed E-state index contributed by atoms with van der Waals surface area (Å²) in [4.78, 5) is 1.73. The zero-order chi connectivity index (χ0) is 10.7. The van der Waals surface area contributed by atoms with E-state index in [9.17, 15) is 0 Å². The third-order valence-corrected chi connectivity index (χ3v) is 2.16. The number of rotatable bonds is 3. The van der Waals surface area contributed by atoms with Crippen LogP contribution in [-0.2, 0) is 4.74 Å². The Bertz CT molecular complexity index is 307. The van der Waals surface area contributed by atoms with Gasteiger partial charge >= 0.3 is 0 Å². The molecule has 15 heavy (non-hydrogen) atoms. The van der Waals surface area contributed by atoms with Gasteiger partial charge in [0.05, 0.1) is 31.1 Å². The molecule has 2 rings (SSSR count). The molecule has 0 atom stereocenters. The minimum absolute atomic E-state index is 0.344. The van der Waals surface area contributed by atoms with Crippen LogP contribution in [0.1, 0.15) is 13.8 Å². The van der Waals surface area contributed by atoms with E-state index < -0.39 is 0 Å². The zero-order valence-corrected chi connectivity index (χ0v) is 9.14. The highest BCUT2D eigenvalue weighted by Gasteiger charge is 2.22. The summed E-state index contributed by atoms with van der Waals surface area (Å²) in [5.41, 5.74) is 0. The second-order valence-corrected chi connectivity index (χ2v) is 3.85. The summed E-state index contributed by atoms with van der Waals surface area (Å²) in [6.45, 7) is 7.29. The normalized spacial score (nSPS) is 17.1. The molecule has 6 nitrogen and oxygen atoms in total. The summed E-state index contributed by atoms with van der Waals surface area (Å²) in [6, 6.07) is 0.344. The Hall–Kier alpha value is -1.30. The van der Waals surface area contributed by atoms with Crippen LogP contribution in [0.5, 0.6) is 0 Å². The van der Waals surface area contributed by atoms with Gasteiger partial charge in [-0.3, -0.25) is 4.52 Å². The van der Waals surface area contributed by atoms with Crippen molar-refractivity contribution < 1.29 is 14.1 Å². The molecule has 0 bridgehead atoms. The highest BCUT2D eigenvalue weighted by Crippen LogP contribution is 2.02. The molecule has 1 aromatic heterocycles. The molecule has 0 radical (unpaired) electrons. The lowest BCUT2D eigenvalue weighted by Crippen LogP contribution is -2.62. The fourth-order valence-corrected chi connectivity index (χ4v) is 1.48. The molecule has 0 spiro atoms. The summed E-state index contributed by atoms with van der Waals surface area (Å²) in [5, 5.41) is 9.18. The molecule has 0 aromatic carbocycles. The first-order valence-corrected chi connectivity index (χ1v) is 5.24. The highest BCUT2D eigenvalue weighted by atomic mass is 16.5. The number of hydrogen-bond acceptors (Lipinski definition) is 5. The van der Waals surface area contributed by atoms with Crippen LogP contribution >= 0.6 is 0 Å². The van der Waals surface area contributed by atoms with E-state index in [-0.39, 0.29) is 0 Å². The second kappa shape index (κ2) is 4.48. The first-order chi connectivity index (χ1) is 7.25. The molecule has 1 saturated heterocycles. The number of morpholine rings is 1. The predicted octanol–water partition coefficient (Wildman–Crippen LogP) is -0.249. The average Bonchev–Trinajstić information content (AvgIpc) is 2.67. The van der Waals surface area contributed by atoms with Crippen molar-refractivity contribution in [2.75, 3.05) is 36.6 Å². The van der Waals surface area contributed by atoms with E-state index in [2.05, 4.69) is 29.4 Å². The Kier molecular flexibility index (Phi) is 3.05. The van der Waals surface area contributed by atoms with Gasteiger partial charge in [-0.1, -0.05) is 0 Å². The lowest BCUT2D eigenvalue weighted by molar-refractivity contribution is -0.759. The third kappa shape index (κ3) is 2.59. The third-order valence-electron chi connectivity index (χ3n) is 2.16. The van der Waals surface area contributed by atoms with Crippen molar-refractivity contribution in [2.24, 2.45) is 0 Å². The molecule has 2 heterocycles. The van der Waals surface area contributed by atoms with E-state index in [1.807, 2.05) is 6.20 Å². The zero-order valence-electron chi connectivity index (χ0n) is 9.14. The maximum absolute atomic E-state index is 5.26. The Balaban J connectivity index is 1.99. The van der Waals surface area contributed by atoms with E-state index in [0.717, 1.165) is 26.3 Å². The van der Waals surface area contributed by atoms with E-state index in [1.165, 1.54) is 0 Å². The van der Waals surface area contributed by atoms with Crippen LogP contribution < -0.4 is 15.1 Å². The standard InChI is InChI=1S/C9H17N4O2/c1-8(2)10-9-7-13(11-15-9)12-3-5-14-6-4-12/h7-8,10H,3-6H2,1-2H3/q+1. The second-order valence-electron chi connectivity index (χ2n) is 3.85. The van der Waals surface area contributed by atoms with Gasteiger partial charge in [-0.05, 0) is 13.8 Å². The van der Waals surface area contributed by atoms with Crippen LogP contribution in [0.2, 0.25) is 0 Å². The van der Waals surface area contributed by atoms with Crippen LogP contribution in [0.25, 0.3) is 0 Å². The fraction of sp³-hybridized carbons (Fsp3) is 0.778. The number of aromatic nitrogens is 2. The van der Waals surface area contributed by atoms with Gasteiger partial charge in [0.25, 0.3) is 12.1 Å². The molecule has 1 aromatic rings. The quantitative estimate of drug-likeness (QED) is 0.702. The predicted molar refractivity (Wildman–Crippen MR) is 54.2 cm³/mol. The number of hydrogen-bond donors (Lipinski definition) is 1. The minimum atomic E-state index is 0.344. The lowest BCUT2D eigenvalue weighted by Gasteiger charge is -2.18. The van der Waals surface area contributed by atoms with Crippen molar-refractivity contribution in [3.63, 3.8) is 0 Å². The molecular weight excluding hydrogens is 196 g/mol. The molecule has 1 fully saturated rings. The van der Waals surface area contributed by atoms with Gasteiger partial charge in [0.1, 0.15) is 0 Å². The topological polar surface area (TPSA) is 54.4 Å². The smallest absolute Gasteiger partial charge is 0.299 e. The van der Waals surface area contributed by atoms with Crippen molar-refractivity contribution in [1.82, 2.24) is 5.27 Å². The Morgan fingerprint density at radius 3 is 2.87 bits per heavy atom. The van der Waals surface area contributed by atoms with Crippen molar-refractivity contribution in [3.05, 3.63) is 6.20 Å². The molecule has 0 aliphatic carbocycles. The SMILES string of the molecule is CC(C)Nc1c[n+](N2CCOCC2)no1. The van der Waals surface area contributed by atoms with Gasteiger partial charge in [-0.15, -0.1) is 5.01 Å². The average molecular weight is 213 g/mol. The van der Waals surface area contributed by atoms with Gasteiger partial charge in [0.15, 0.2) is 0 Å². The summed E-state index contributed by atoms with van der Waals surface area (Å²) >= 11 is 0. The molecule has 1 aliphatic rings. The van der Waals surface area contributed by atoms with Crippen molar-refractivity contribution in [1.29, 1.82) is 0 Å². The first kappa shape index (κ1) is 10.2. The summed E-state index contributed by atoms with van der Waals surface area (Å²) in [5.74, 6) is 0.691.